The molecule has 1 aliphatic rings. The molecule has 2 rings (SSSR count). The number of benzene rings is 1. The Morgan fingerprint density at radius 1 is 1.17 bits per heavy atom. The first-order valence-corrected chi connectivity index (χ1v) is 6.46. The van der Waals surface area contributed by atoms with Gasteiger partial charge < -0.3 is 4.90 Å². The average molecular weight is 246 g/mol. The molecule has 98 valence electrons. The minimum absolute atomic E-state index is 0.281. The molecule has 1 aliphatic heterocycles. The van der Waals surface area contributed by atoms with E-state index in [9.17, 15) is 0 Å². The van der Waals surface area contributed by atoms with Gasteiger partial charge >= 0.3 is 0 Å². The first kappa shape index (κ1) is 13.0. The van der Waals surface area contributed by atoms with Crippen LogP contribution in [0.5, 0.6) is 0 Å². The summed E-state index contributed by atoms with van der Waals surface area (Å²) < 4.78 is 0. The van der Waals surface area contributed by atoms with Gasteiger partial charge in [-0.05, 0) is 43.9 Å². The van der Waals surface area contributed by atoms with E-state index in [2.05, 4.69) is 50.9 Å². The van der Waals surface area contributed by atoms with Crippen LogP contribution in [0.1, 0.15) is 23.6 Å². The van der Waals surface area contributed by atoms with E-state index in [1.807, 2.05) is 17.5 Å². The smallest absolute Gasteiger partial charge is 0.123 e. The van der Waals surface area contributed by atoms with E-state index in [0.29, 0.717) is 6.61 Å². The summed E-state index contributed by atoms with van der Waals surface area (Å²) in [5.74, 6) is 0. The zero-order chi connectivity index (χ0) is 13.1. The van der Waals surface area contributed by atoms with Crippen molar-refractivity contribution in [1.82, 2.24) is 9.96 Å². The van der Waals surface area contributed by atoms with Crippen molar-refractivity contribution >= 4 is 0 Å². The van der Waals surface area contributed by atoms with E-state index >= 15 is 0 Å². The lowest BCUT2D eigenvalue weighted by atomic mass is 10.0. The molecule has 0 fully saturated rings. The summed E-state index contributed by atoms with van der Waals surface area (Å²) in [4.78, 5) is 7.93. The summed E-state index contributed by atoms with van der Waals surface area (Å²) in [6.45, 7) is 7.16. The van der Waals surface area contributed by atoms with Gasteiger partial charge in [0.2, 0.25) is 0 Å². The second-order valence-electron chi connectivity index (χ2n) is 4.91. The quantitative estimate of drug-likeness (QED) is 0.812. The third-order valence-electron chi connectivity index (χ3n) is 3.64. The third-order valence-corrected chi connectivity index (χ3v) is 3.64. The Morgan fingerprint density at radius 3 is 2.39 bits per heavy atom. The molecule has 0 aliphatic carbocycles. The SMILES string of the molecule is Cc1cccc(C)c1CCON1C=CN(C)C1C. The molecular weight excluding hydrogens is 224 g/mol. The molecule has 0 bridgehead atoms. The Bertz CT molecular complexity index is 422. The van der Waals surface area contributed by atoms with Crippen LogP contribution in [0.15, 0.2) is 30.6 Å². The highest BCUT2D eigenvalue weighted by atomic mass is 16.7. The molecule has 0 N–H and O–H groups in total. The molecule has 1 aromatic rings. The van der Waals surface area contributed by atoms with Crippen LogP contribution >= 0.6 is 0 Å². The fraction of sp³-hybridized carbons (Fsp3) is 0.467. The van der Waals surface area contributed by atoms with E-state index in [4.69, 9.17) is 4.84 Å². The molecular formula is C15H22N2O. The normalized spacial score (nSPS) is 18.8. The number of hydrogen-bond acceptors (Lipinski definition) is 3. The minimum Gasteiger partial charge on any atom is -0.357 e. The molecule has 3 heteroatoms. The molecule has 0 radical (unpaired) electrons. The van der Waals surface area contributed by atoms with Crippen LogP contribution in [0.25, 0.3) is 0 Å². The molecule has 0 saturated heterocycles. The third kappa shape index (κ3) is 2.67. The van der Waals surface area contributed by atoms with Gasteiger partial charge in [0.25, 0.3) is 0 Å². The molecule has 1 aromatic carbocycles. The second kappa shape index (κ2) is 5.44. The predicted octanol–water partition coefficient (Wildman–Crippen LogP) is 2.84. The molecule has 1 unspecified atom stereocenters. The number of rotatable bonds is 4. The maximum atomic E-state index is 5.80. The number of hydrogen-bond donors (Lipinski definition) is 0. The summed E-state index contributed by atoms with van der Waals surface area (Å²) in [5.41, 5.74) is 4.10. The summed E-state index contributed by atoms with van der Waals surface area (Å²) in [6, 6.07) is 6.43. The van der Waals surface area contributed by atoms with Gasteiger partial charge in [-0.3, -0.25) is 4.84 Å². The molecule has 0 spiro atoms. The second-order valence-corrected chi connectivity index (χ2v) is 4.91. The number of hydroxylamine groups is 2. The van der Waals surface area contributed by atoms with Crippen molar-refractivity contribution in [2.75, 3.05) is 13.7 Å². The van der Waals surface area contributed by atoms with Crippen molar-refractivity contribution in [1.29, 1.82) is 0 Å². The highest BCUT2D eigenvalue weighted by molar-refractivity contribution is 5.33. The first-order valence-electron chi connectivity index (χ1n) is 6.46. The minimum atomic E-state index is 0.281. The van der Waals surface area contributed by atoms with Gasteiger partial charge in [0.15, 0.2) is 0 Å². The lowest BCUT2D eigenvalue weighted by Crippen LogP contribution is -2.34. The molecule has 0 saturated carbocycles. The van der Waals surface area contributed by atoms with Gasteiger partial charge in [0.1, 0.15) is 6.17 Å². The Labute approximate surface area is 110 Å². The van der Waals surface area contributed by atoms with Gasteiger partial charge in [-0.15, -0.1) is 0 Å². The Balaban J connectivity index is 1.88. The molecule has 18 heavy (non-hydrogen) atoms. The van der Waals surface area contributed by atoms with Crippen LogP contribution in [0, 0.1) is 13.8 Å². The highest BCUT2D eigenvalue weighted by Crippen LogP contribution is 2.16. The van der Waals surface area contributed by atoms with Crippen molar-refractivity contribution in [3.8, 4) is 0 Å². The van der Waals surface area contributed by atoms with Crippen molar-refractivity contribution in [2.24, 2.45) is 0 Å². The van der Waals surface area contributed by atoms with Crippen molar-refractivity contribution in [2.45, 2.75) is 33.4 Å². The lowest BCUT2D eigenvalue weighted by molar-refractivity contribution is -0.156. The van der Waals surface area contributed by atoms with Crippen LogP contribution in [0.2, 0.25) is 0 Å². The predicted molar refractivity (Wildman–Crippen MR) is 73.8 cm³/mol. The van der Waals surface area contributed by atoms with Gasteiger partial charge in [-0.1, -0.05) is 18.2 Å². The fourth-order valence-electron chi connectivity index (χ4n) is 2.25. The van der Waals surface area contributed by atoms with Gasteiger partial charge in [-0.2, -0.15) is 0 Å². The van der Waals surface area contributed by atoms with Crippen molar-refractivity contribution in [3.63, 3.8) is 0 Å². The number of nitrogens with zero attached hydrogens (tertiary/aromatic N) is 2. The zero-order valence-electron chi connectivity index (χ0n) is 11.7. The monoisotopic (exact) mass is 246 g/mol. The topological polar surface area (TPSA) is 15.7 Å². The molecule has 1 heterocycles. The molecule has 3 nitrogen and oxygen atoms in total. The van der Waals surface area contributed by atoms with Gasteiger partial charge in [0, 0.05) is 19.4 Å². The van der Waals surface area contributed by atoms with Crippen molar-refractivity contribution in [3.05, 3.63) is 47.3 Å². The van der Waals surface area contributed by atoms with E-state index in [0.717, 1.165) is 6.42 Å². The average Bonchev–Trinajstić information content (AvgIpc) is 2.65. The summed E-state index contributed by atoms with van der Waals surface area (Å²) in [6.07, 6.45) is 5.25. The number of aryl methyl sites for hydroxylation is 2. The Morgan fingerprint density at radius 2 is 1.83 bits per heavy atom. The van der Waals surface area contributed by atoms with Crippen LogP contribution in [0.4, 0.5) is 0 Å². The first-order chi connectivity index (χ1) is 8.59. The van der Waals surface area contributed by atoms with Gasteiger partial charge in [-0.25, -0.2) is 5.06 Å². The Kier molecular flexibility index (Phi) is 3.92. The summed E-state index contributed by atoms with van der Waals surface area (Å²) in [5, 5.41) is 1.91. The Hall–Kier alpha value is -1.48. The zero-order valence-corrected chi connectivity index (χ0v) is 11.7. The summed E-state index contributed by atoms with van der Waals surface area (Å²) in [7, 11) is 2.05. The van der Waals surface area contributed by atoms with E-state index < -0.39 is 0 Å². The lowest BCUT2D eigenvalue weighted by Gasteiger charge is -2.26. The maximum Gasteiger partial charge on any atom is 0.123 e. The fourth-order valence-corrected chi connectivity index (χ4v) is 2.25. The van der Waals surface area contributed by atoms with E-state index in [-0.39, 0.29) is 6.17 Å². The highest BCUT2D eigenvalue weighted by Gasteiger charge is 2.19. The van der Waals surface area contributed by atoms with Crippen LogP contribution in [0.3, 0.4) is 0 Å². The largest absolute Gasteiger partial charge is 0.357 e. The molecule has 0 amide bonds. The van der Waals surface area contributed by atoms with E-state index in [1.54, 1.807) is 0 Å². The molecule has 1 atom stereocenters. The molecule has 0 aromatic heterocycles. The van der Waals surface area contributed by atoms with Crippen molar-refractivity contribution < 1.29 is 4.84 Å². The maximum absolute atomic E-state index is 5.80. The van der Waals surface area contributed by atoms with E-state index in [1.165, 1.54) is 16.7 Å². The standard InChI is InChI=1S/C15H22N2O/c1-12-6-5-7-13(2)15(12)8-11-18-17-10-9-16(4)14(17)3/h5-7,9-10,14H,8,11H2,1-4H3. The van der Waals surface area contributed by atoms with Crippen LogP contribution in [-0.4, -0.2) is 29.8 Å². The summed E-state index contributed by atoms with van der Waals surface area (Å²) >= 11 is 0. The van der Waals surface area contributed by atoms with Crippen LogP contribution in [-0.2, 0) is 11.3 Å². The van der Waals surface area contributed by atoms with Crippen LogP contribution < -0.4 is 0 Å². The van der Waals surface area contributed by atoms with Gasteiger partial charge in [0.05, 0.1) is 6.61 Å².